The van der Waals surface area contributed by atoms with E-state index in [9.17, 15) is 9.59 Å². The minimum absolute atomic E-state index is 0.0331. The number of para-hydroxylation sites is 2. The molecule has 0 spiro atoms. The van der Waals surface area contributed by atoms with Crippen molar-refractivity contribution in [2.75, 3.05) is 0 Å². The molecule has 34 heavy (non-hydrogen) atoms. The van der Waals surface area contributed by atoms with E-state index in [0.29, 0.717) is 22.4 Å². The van der Waals surface area contributed by atoms with E-state index in [0.717, 1.165) is 22.4 Å². The van der Waals surface area contributed by atoms with Gasteiger partial charge in [0.15, 0.2) is 11.4 Å². The van der Waals surface area contributed by atoms with Gasteiger partial charge in [-0.1, -0.05) is 48.9 Å². The number of oxazole rings is 1. The number of hydrogen-bond donors (Lipinski definition) is 0. The molecule has 5 aromatic rings. The number of Topliss-reactive ketones (excluding diaryl/α,β-unsaturated/α-hetero) is 1. The highest BCUT2D eigenvalue weighted by atomic mass is 16.4. The van der Waals surface area contributed by atoms with Crippen molar-refractivity contribution in [3.63, 3.8) is 0 Å². The molecule has 0 aliphatic carbocycles. The summed E-state index contributed by atoms with van der Waals surface area (Å²) in [7, 11) is 0. The summed E-state index contributed by atoms with van der Waals surface area (Å²) < 4.78 is 6.95. The SMILES string of the molecule is Cc1ccc(-c2cc(C(=O)CC(C)c3cnccn3)cc(-n3c(=O)oc4ccccc43)c2)cc1. The van der Waals surface area contributed by atoms with E-state index >= 15 is 0 Å². The minimum Gasteiger partial charge on any atom is -0.407 e. The highest BCUT2D eigenvalue weighted by Gasteiger charge is 2.18. The van der Waals surface area contributed by atoms with Crippen molar-refractivity contribution in [1.29, 1.82) is 0 Å². The number of aryl methyl sites for hydroxylation is 1. The van der Waals surface area contributed by atoms with E-state index in [1.165, 1.54) is 4.57 Å². The van der Waals surface area contributed by atoms with Crippen molar-refractivity contribution in [2.24, 2.45) is 0 Å². The van der Waals surface area contributed by atoms with Crippen LogP contribution in [0, 0.1) is 6.92 Å². The van der Waals surface area contributed by atoms with Gasteiger partial charge in [-0.2, -0.15) is 0 Å². The van der Waals surface area contributed by atoms with Crippen LogP contribution in [-0.4, -0.2) is 20.3 Å². The highest BCUT2D eigenvalue weighted by molar-refractivity contribution is 5.98. The second kappa shape index (κ2) is 8.90. The van der Waals surface area contributed by atoms with Crippen molar-refractivity contribution in [3.8, 4) is 16.8 Å². The molecule has 0 aliphatic rings. The van der Waals surface area contributed by atoms with Crippen LogP contribution in [0.3, 0.4) is 0 Å². The van der Waals surface area contributed by atoms with E-state index < -0.39 is 5.76 Å². The topological polar surface area (TPSA) is 78.0 Å². The molecule has 5 rings (SSSR count). The third-order valence-corrected chi connectivity index (χ3v) is 5.95. The number of carbonyl (C=O) groups is 1. The molecule has 6 heteroatoms. The number of carbonyl (C=O) groups excluding carboxylic acids is 1. The maximum Gasteiger partial charge on any atom is 0.424 e. The molecule has 2 aromatic heterocycles. The molecule has 0 aliphatic heterocycles. The van der Waals surface area contributed by atoms with Gasteiger partial charge in [0, 0.05) is 36.5 Å². The van der Waals surface area contributed by atoms with Crippen LogP contribution in [0.15, 0.2) is 94.5 Å². The van der Waals surface area contributed by atoms with Gasteiger partial charge in [0.2, 0.25) is 0 Å². The van der Waals surface area contributed by atoms with Crippen LogP contribution in [0.5, 0.6) is 0 Å². The van der Waals surface area contributed by atoms with Crippen molar-refractivity contribution in [2.45, 2.75) is 26.2 Å². The molecule has 0 fully saturated rings. The summed E-state index contributed by atoms with van der Waals surface area (Å²) in [6.45, 7) is 3.99. The molecule has 0 bridgehead atoms. The Labute approximate surface area is 196 Å². The number of hydrogen-bond acceptors (Lipinski definition) is 5. The molecule has 168 valence electrons. The van der Waals surface area contributed by atoms with E-state index in [4.69, 9.17) is 4.42 Å². The summed E-state index contributed by atoms with van der Waals surface area (Å²) in [5, 5.41) is 0. The molecule has 0 saturated heterocycles. The lowest BCUT2D eigenvalue weighted by Crippen LogP contribution is -2.13. The van der Waals surface area contributed by atoms with E-state index in [1.54, 1.807) is 30.7 Å². The molecule has 0 N–H and O–H groups in total. The van der Waals surface area contributed by atoms with Crippen LogP contribution in [0.4, 0.5) is 0 Å². The monoisotopic (exact) mass is 449 g/mol. The summed E-state index contributed by atoms with van der Waals surface area (Å²) in [4.78, 5) is 34.6. The molecule has 2 heterocycles. The summed E-state index contributed by atoms with van der Waals surface area (Å²) in [6, 6.07) is 20.9. The van der Waals surface area contributed by atoms with Gasteiger partial charge in [-0.15, -0.1) is 0 Å². The summed E-state index contributed by atoms with van der Waals surface area (Å²) in [5.74, 6) is -0.618. The van der Waals surface area contributed by atoms with E-state index in [2.05, 4.69) is 9.97 Å². The molecule has 3 aromatic carbocycles. The maximum absolute atomic E-state index is 13.4. The van der Waals surface area contributed by atoms with Crippen molar-refractivity contribution in [3.05, 3.63) is 113 Å². The van der Waals surface area contributed by atoms with Crippen molar-refractivity contribution < 1.29 is 9.21 Å². The fraction of sp³-hybridized carbons (Fsp3) is 0.143. The highest BCUT2D eigenvalue weighted by Crippen LogP contribution is 2.28. The van der Waals surface area contributed by atoms with Crippen LogP contribution in [0.1, 0.15) is 40.9 Å². The molecular formula is C28H23N3O3. The quantitative estimate of drug-likeness (QED) is 0.310. The molecule has 0 saturated carbocycles. The average Bonchev–Trinajstić information content (AvgIpc) is 3.20. The van der Waals surface area contributed by atoms with Gasteiger partial charge in [0.25, 0.3) is 0 Å². The molecule has 0 amide bonds. The first-order chi connectivity index (χ1) is 16.5. The van der Waals surface area contributed by atoms with Gasteiger partial charge >= 0.3 is 5.76 Å². The zero-order valence-corrected chi connectivity index (χ0v) is 18.9. The standard InChI is InChI=1S/C28H23N3O3/c1-18-7-9-20(10-8-18)21-14-22(26(32)13-19(2)24-17-29-11-12-30-24)16-23(15-21)31-25-5-3-4-6-27(25)34-28(31)33/h3-12,14-17,19H,13H2,1-2H3. The number of fused-ring (bicyclic) bond motifs is 1. The summed E-state index contributed by atoms with van der Waals surface area (Å²) in [6.07, 6.45) is 5.20. The Morgan fingerprint density at radius 2 is 1.79 bits per heavy atom. The molecule has 1 atom stereocenters. The first kappa shape index (κ1) is 21.5. The van der Waals surface area contributed by atoms with E-state index in [1.807, 2.05) is 68.4 Å². The maximum atomic E-state index is 13.4. The fourth-order valence-electron chi connectivity index (χ4n) is 4.09. The van der Waals surface area contributed by atoms with Crippen LogP contribution in [0.25, 0.3) is 27.9 Å². The summed E-state index contributed by atoms with van der Waals surface area (Å²) >= 11 is 0. The van der Waals surface area contributed by atoms with Gasteiger partial charge in [0.05, 0.1) is 16.9 Å². The lowest BCUT2D eigenvalue weighted by Gasteiger charge is -2.13. The minimum atomic E-state index is -0.492. The van der Waals surface area contributed by atoms with Gasteiger partial charge in [-0.25, -0.2) is 9.36 Å². The molecule has 6 nitrogen and oxygen atoms in total. The van der Waals surface area contributed by atoms with Gasteiger partial charge in [0.1, 0.15) is 0 Å². The number of aromatic nitrogens is 3. The smallest absolute Gasteiger partial charge is 0.407 e. The molecule has 1 unspecified atom stereocenters. The lowest BCUT2D eigenvalue weighted by atomic mass is 9.94. The third-order valence-electron chi connectivity index (χ3n) is 5.95. The van der Waals surface area contributed by atoms with Crippen LogP contribution < -0.4 is 5.76 Å². The Bertz CT molecular complexity index is 1530. The normalized spacial score (nSPS) is 12.1. The Kier molecular flexibility index (Phi) is 5.64. The third kappa shape index (κ3) is 4.18. The Hall–Kier alpha value is -4.32. The molecular weight excluding hydrogens is 426 g/mol. The predicted octanol–water partition coefficient (Wildman–Crippen LogP) is 5.73. The number of ketones is 1. The van der Waals surface area contributed by atoms with E-state index in [-0.39, 0.29) is 18.1 Å². The van der Waals surface area contributed by atoms with Gasteiger partial charge < -0.3 is 4.42 Å². The van der Waals surface area contributed by atoms with Crippen LogP contribution in [0.2, 0.25) is 0 Å². The average molecular weight is 450 g/mol. The number of benzene rings is 3. The number of rotatable bonds is 6. The Morgan fingerprint density at radius 3 is 2.56 bits per heavy atom. The largest absolute Gasteiger partial charge is 0.424 e. The van der Waals surface area contributed by atoms with Crippen molar-refractivity contribution in [1.82, 2.24) is 14.5 Å². The second-order valence-corrected chi connectivity index (χ2v) is 8.46. The van der Waals surface area contributed by atoms with Crippen LogP contribution in [-0.2, 0) is 0 Å². The Morgan fingerprint density at radius 1 is 1.00 bits per heavy atom. The fourth-order valence-corrected chi connectivity index (χ4v) is 4.09. The zero-order chi connectivity index (χ0) is 23.7. The Balaban J connectivity index is 1.62. The first-order valence-electron chi connectivity index (χ1n) is 11.1. The van der Waals surface area contributed by atoms with Crippen molar-refractivity contribution >= 4 is 16.9 Å². The zero-order valence-electron chi connectivity index (χ0n) is 18.9. The molecule has 0 radical (unpaired) electrons. The first-order valence-corrected chi connectivity index (χ1v) is 11.1. The number of nitrogens with zero attached hydrogens (tertiary/aromatic N) is 3. The second-order valence-electron chi connectivity index (χ2n) is 8.46. The van der Waals surface area contributed by atoms with Gasteiger partial charge in [-0.05, 0) is 48.4 Å². The van der Waals surface area contributed by atoms with Gasteiger partial charge in [-0.3, -0.25) is 14.8 Å². The lowest BCUT2D eigenvalue weighted by molar-refractivity contribution is 0.0975. The van der Waals surface area contributed by atoms with Crippen LogP contribution >= 0.6 is 0 Å². The predicted molar refractivity (Wildman–Crippen MR) is 131 cm³/mol. The summed E-state index contributed by atoms with van der Waals surface area (Å²) in [5.41, 5.74) is 5.99.